The van der Waals surface area contributed by atoms with Crippen LogP contribution in [0.4, 0.5) is 5.69 Å². The van der Waals surface area contributed by atoms with Gasteiger partial charge in [0.05, 0.1) is 11.8 Å². The second-order valence-electron chi connectivity index (χ2n) is 5.46. The van der Waals surface area contributed by atoms with Gasteiger partial charge in [-0.1, -0.05) is 0 Å². The first kappa shape index (κ1) is 18.5. The van der Waals surface area contributed by atoms with Gasteiger partial charge >= 0.3 is 5.97 Å². The summed E-state index contributed by atoms with van der Waals surface area (Å²) in [6, 6.07) is 4.78. The molecule has 0 atom stereocenters. The Hall–Kier alpha value is -2.83. The van der Waals surface area contributed by atoms with Crippen molar-refractivity contribution in [3.05, 3.63) is 41.7 Å². The third-order valence-corrected chi connectivity index (χ3v) is 3.94. The van der Waals surface area contributed by atoms with Gasteiger partial charge in [0.15, 0.2) is 6.61 Å². The average molecular weight is 345 g/mol. The summed E-state index contributed by atoms with van der Waals surface area (Å²) in [6.07, 6.45) is 3.04. The second-order valence-corrected chi connectivity index (χ2v) is 5.46. The molecule has 0 saturated heterocycles. The van der Waals surface area contributed by atoms with E-state index in [1.54, 1.807) is 16.9 Å². The predicted octanol–water partition coefficient (Wildman–Crippen LogP) is 2.49. The number of anilines is 1. The maximum absolute atomic E-state index is 12.1. The van der Waals surface area contributed by atoms with Crippen LogP contribution in [0.2, 0.25) is 0 Å². The van der Waals surface area contributed by atoms with Crippen LogP contribution in [0.1, 0.15) is 41.5 Å². The van der Waals surface area contributed by atoms with E-state index in [1.807, 2.05) is 25.7 Å². The fourth-order valence-corrected chi connectivity index (χ4v) is 2.45. The number of aromatic nitrogens is 2. The van der Waals surface area contributed by atoms with Crippen molar-refractivity contribution >= 4 is 17.4 Å². The third kappa shape index (κ3) is 4.37. The first-order valence-corrected chi connectivity index (χ1v) is 8.30. The quantitative estimate of drug-likeness (QED) is 0.584. The van der Waals surface area contributed by atoms with Crippen LogP contribution in [-0.4, -0.2) is 46.3 Å². The number of Topliss-reactive ketones (excluding diaryl/α,β-unsaturated/α-hetero) is 1. The summed E-state index contributed by atoms with van der Waals surface area (Å²) in [4.78, 5) is 26.2. The number of carbonyl (C=O) groups excluding carboxylic acids is 2. The van der Waals surface area contributed by atoms with Gasteiger partial charge in [-0.25, -0.2) is 4.79 Å². The number of benzene rings is 1. The number of nitrogens with zero attached hydrogens (tertiary/aromatic N) is 3. The molecule has 7 nitrogen and oxygen atoms in total. The molecule has 1 aromatic carbocycles. The molecule has 7 heteroatoms. The Morgan fingerprint density at radius 3 is 2.52 bits per heavy atom. The fraction of sp³-hybridized carbons (Fsp3) is 0.389. The first-order chi connectivity index (χ1) is 12.0. The lowest BCUT2D eigenvalue weighted by atomic mass is 10.1. The normalized spacial score (nSPS) is 10.5. The maximum atomic E-state index is 12.1. The van der Waals surface area contributed by atoms with E-state index in [-0.39, 0.29) is 17.1 Å². The molecule has 0 fully saturated rings. The van der Waals surface area contributed by atoms with Gasteiger partial charge in [-0.2, -0.15) is 5.10 Å². The summed E-state index contributed by atoms with van der Waals surface area (Å²) >= 11 is 0. The Bertz CT molecular complexity index is 751. The molecule has 2 rings (SSSR count). The Morgan fingerprint density at radius 1 is 1.24 bits per heavy atom. The zero-order chi connectivity index (χ0) is 18.4. The standard InChI is InChI=1S/C18H23N3O4/c1-4-20(5-2)14-7-8-15(16(22)9-14)18(24)25-12-17(23)13-10-19-21(6-3)11-13/h7-11,22H,4-6,12H2,1-3H3. The lowest BCUT2D eigenvalue weighted by molar-refractivity contribution is 0.0472. The summed E-state index contributed by atoms with van der Waals surface area (Å²) in [5.41, 5.74) is 1.24. The minimum atomic E-state index is -0.736. The van der Waals surface area contributed by atoms with Crippen molar-refractivity contribution in [2.24, 2.45) is 0 Å². The molecule has 25 heavy (non-hydrogen) atoms. The van der Waals surface area contributed by atoms with Gasteiger partial charge in [0.1, 0.15) is 11.3 Å². The number of aryl methyl sites for hydroxylation is 1. The largest absolute Gasteiger partial charge is 0.507 e. The molecular formula is C18H23N3O4. The van der Waals surface area contributed by atoms with Crippen LogP contribution in [0.3, 0.4) is 0 Å². The number of ketones is 1. The van der Waals surface area contributed by atoms with E-state index in [0.717, 1.165) is 18.8 Å². The average Bonchev–Trinajstić information content (AvgIpc) is 3.10. The van der Waals surface area contributed by atoms with Gasteiger partial charge < -0.3 is 14.7 Å². The molecule has 1 N–H and O–H groups in total. The smallest absolute Gasteiger partial charge is 0.342 e. The van der Waals surface area contributed by atoms with E-state index >= 15 is 0 Å². The second kappa shape index (κ2) is 8.32. The van der Waals surface area contributed by atoms with Gasteiger partial charge in [-0.05, 0) is 32.9 Å². The highest BCUT2D eigenvalue weighted by Crippen LogP contribution is 2.25. The molecule has 0 unspecified atom stereocenters. The SMILES string of the molecule is CCN(CC)c1ccc(C(=O)OCC(=O)c2cnn(CC)c2)c(O)c1. The van der Waals surface area contributed by atoms with Crippen molar-refractivity contribution in [3.8, 4) is 5.75 Å². The molecule has 1 heterocycles. The zero-order valence-corrected chi connectivity index (χ0v) is 14.7. The van der Waals surface area contributed by atoms with Crippen LogP contribution in [0, 0.1) is 0 Å². The van der Waals surface area contributed by atoms with E-state index < -0.39 is 12.6 Å². The first-order valence-electron chi connectivity index (χ1n) is 8.30. The minimum Gasteiger partial charge on any atom is -0.507 e. The number of esters is 1. The van der Waals surface area contributed by atoms with E-state index in [2.05, 4.69) is 5.10 Å². The van der Waals surface area contributed by atoms with Gasteiger partial charge in [-0.3, -0.25) is 9.48 Å². The number of ether oxygens (including phenoxy) is 1. The van der Waals surface area contributed by atoms with Crippen molar-refractivity contribution < 1.29 is 19.4 Å². The number of carbonyl (C=O) groups is 2. The van der Waals surface area contributed by atoms with Crippen molar-refractivity contribution in [2.75, 3.05) is 24.6 Å². The maximum Gasteiger partial charge on any atom is 0.342 e. The van der Waals surface area contributed by atoms with Crippen LogP contribution >= 0.6 is 0 Å². The summed E-state index contributed by atoms with van der Waals surface area (Å²) in [7, 11) is 0. The lowest BCUT2D eigenvalue weighted by Gasteiger charge is -2.21. The molecule has 0 aliphatic rings. The summed E-state index contributed by atoms with van der Waals surface area (Å²) < 4.78 is 6.64. The van der Waals surface area contributed by atoms with Gasteiger partial charge in [-0.15, -0.1) is 0 Å². The molecule has 0 radical (unpaired) electrons. The molecule has 0 saturated carbocycles. The Morgan fingerprint density at radius 2 is 1.96 bits per heavy atom. The Balaban J connectivity index is 2.02. The van der Waals surface area contributed by atoms with Crippen molar-refractivity contribution in [2.45, 2.75) is 27.3 Å². The third-order valence-electron chi connectivity index (χ3n) is 3.94. The van der Waals surface area contributed by atoms with Crippen LogP contribution in [-0.2, 0) is 11.3 Å². The van der Waals surface area contributed by atoms with E-state index in [4.69, 9.17) is 4.74 Å². The highest BCUT2D eigenvalue weighted by Gasteiger charge is 2.17. The number of aromatic hydroxyl groups is 1. The van der Waals surface area contributed by atoms with Crippen LogP contribution in [0.25, 0.3) is 0 Å². The molecule has 0 bridgehead atoms. The summed E-state index contributed by atoms with van der Waals surface area (Å²) in [6.45, 7) is 7.76. The summed E-state index contributed by atoms with van der Waals surface area (Å²) in [5, 5.41) is 14.1. The number of hydrogen-bond acceptors (Lipinski definition) is 6. The molecule has 134 valence electrons. The Labute approximate surface area is 146 Å². The van der Waals surface area contributed by atoms with Crippen molar-refractivity contribution in [3.63, 3.8) is 0 Å². The Kier molecular flexibility index (Phi) is 6.16. The highest BCUT2D eigenvalue weighted by molar-refractivity contribution is 5.99. The zero-order valence-electron chi connectivity index (χ0n) is 14.7. The molecule has 0 aliphatic carbocycles. The number of phenolic OH excluding ortho intramolecular Hbond substituents is 1. The van der Waals surface area contributed by atoms with E-state index in [9.17, 15) is 14.7 Å². The number of hydrogen-bond donors (Lipinski definition) is 1. The van der Waals surface area contributed by atoms with Gasteiger partial charge in [0.2, 0.25) is 5.78 Å². The molecule has 0 aliphatic heterocycles. The molecule has 0 amide bonds. The lowest BCUT2D eigenvalue weighted by Crippen LogP contribution is -2.21. The minimum absolute atomic E-state index is 0.0351. The van der Waals surface area contributed by atoms with Crippen LogP contribution < -0.4 is 4.90 Å². The molecule has 0 spiro atoms. The number of rotatable bonds is 8. The molecular weight excluding hydrogens is 322 g/mol. The topological polar surface area (TPSA) is 84.7 Å². The van der Waals surface area contributed by atoms with E-state index in [1.165, 1.54) is 18.3 Å². The van der Waals surface area contributed by atoms with Gasteiger partial charge in [0.25, 0.3) is 0 Å². The van der Waals surface area contributed by atoms with Crippen molar-refractivity contribution in [1.29, 1.82) is 0 Å². The van der Waals surface area contributed by atoms with Crippen LogP contribution in [0.15, 0.2) is 30.6 Å². The fourth-order valence-electron chi connectivity index (χ4n) is 2.45. The monoisotopic (exact) mass is 345 g/mol. The predicted molar refractivity (Wildman–Crippen MR) is 94.2 cm³/mol. The highest BCUT2D eigenvalue weighted by atomic mass is 16.5. The molecule has 1 aromatic heterocycles. The van der Waals surface area contributed by atoms with Gasteiger partial charge in [0, 0.05) is 37.6 Å². The van der Waals surface area contributed by atoms with E-state index in [0.29, 0.717) is 12.1 Å². The number of phenols is 1. The van der Waals surface area contributed by atoms with Crippen LogP contribution in [0.5, 0.6) is 5.75 Å². The molecule has 2 aromatic rings. The van der Waals surface area contributed by atoms with Crippen molar-refractivity contribution in [1.82, 2.24) is 9.78 Å². The summed E-state index contributed by atoms with van der Waals surface area (Å²) in [5.74, 6) is -1.24.